The molecule has 0 saturated carbocycles. The van der Waals surface area contributed by atoms with Gasteiger partial charge in [0, 0.05) is 24.3 Å². The number of carbonyl (C=O) groups excluding carboxylic acids is 1. The molecule has 0 saturated heterocycles. The van der Waals surface area contributed by atoms with Gasteiger partial charge in [0.15, 0.2) is 0 Å². The van der Waals surface area contributed by atoms with Gasteiger partial charge >= 0.3 is 0 Å². The van der Waals surface area contributed by atoms with Crippen LogP contribution in [0, 0.1) is 6.92 Å². The fourth-order valence-corrected chi connectivity index (χ4v) is 2.52. The summed E-state index contributed by atoms with van der Waals surface area (Å²) in [6.45, 7) is 9.21. The Balaban J connectivity index is 2.20. The molecule has 0 aliphatic carbocycles. The van der Waals surface area contributed by atoms with E-state index in [1.54, 1.807) is 10.5 Å². The zero-order valence-electron chi connectivity index (χ0n) is 14.2. The molecule has 2 rings (SSSR count). The number of carbonyl (C=O) groups is 1. The van der Waals surface area contributed by atoms with E-state index in [-0.39, 0.29) is 17.5 Å². The molecular weight excluding hydrogens is 292 g/mol. The van der Waals surface area contributed by atoms with E-state index >= 15 is 0 Å². The lowest BCUT2D eigenvalue weighted by atomic mass is 10.3. The molecule has 0 fully saturated rings. The van der Waals surface area contributed by atoms with Gasteiger partial charge < -0.3 is 5.32 Å². The molecule has 0 bridgehead atoms. The zero-order valence-corrected chi connectivity index (χ0v) is 14.2. The van der Waals surface area contributed by atoms with E-state index in [2.05, 4.69) is 10.3 Å². The first-order chi connectivity index (χ1) is 10.9. The normalized spacial score (nSPS) is 11.4. The summed E-state index contributed by atoms with van der Waals surface area (Å²) in [5.74, 6) is -0.0183. The van der Waals surface area contributed by atoms with Crippen LogP contribution in [0.15, 0.2) is 29.1 Å². The third kappa shape index (κ3) is 4.39. The number of hydrogen-bond acceptors (Lipinski definition) is 4. The fourth-order valence-electron chi connectivity index (χ4n) is 2.52. The molecule has 1 amide bonds. The first-order valence-corrected chi connectivity index (χ1v) is 7.90. The number of nitrogens with zero attached hydrogens (tertiary/aromatic N) is 3. The molecule has 2 aromatic rings. The van der Waals surface area contributed by atoms with Crippen LogP contribution >= 0.6 is 0 Å². The van der Waals surface area contributed by atoms with Crippen molar-refractivity contribution in [2.45, 2.75) is 40.3 Å². The third-order valence-electron chi connectivity index (χ3n) is 3.58. The van der Waals surface area contributed by atoms with Crippen LogP contribution in [0.25, 0.3) is 5.65 Å². The summed E-state index contributed by atoms with van der Waals surface area (Å²) in [5, 5.41) is 2.87. The van der Waals surface area contributed by atoms with E-state index in [1.165, 1.54) is 0 Å². The molecule has 0 atom stereocenters. The van der Waals surface area contributed by atoms with Gasteiger partial charge in [-0.2, -0.15) is 0 Å². The lowest BCUT2D eigenvalue weighted by Gasteiger charge is -2.20. The molecule has 2 heterocycles. The average molecular weight is 316 g/mol. The number of pyridine rings is 1. The van der Waals surface area contributed by atoms with E-state index in [1.807, 2.05) is 50.8 Å². The highest BCUT2D eigenvalue weighted by atomic mass is 16.2. The van der Waals surface area contributed by atoms with Crippen molar-refractivity contribution in [2.24, 2.45) is 0 Å². The zero-order chi connectivity index (χ0) is 17.0. The van der Waals surface area contributed by atoms with E-state index in [0.717, 1.165) is 5.69 Å². The summed E-state index contributed by atoms with van der Waals surface area (Å²) in [6, 6.07) is 7.24. The molecule has 0 spiro atoms. The minimum absolute atomic E-state index is 0.0183. The highest BCUT2D eigenvalue weighted by Crippen LogP contribution is 2.05. The van der Waals surface area contributed by atoms with Crippen LogP contribution in [-0.2, 0) is 11.3 Å². The van der Waals surface area contributed by atoms with Crippen molar-refractivity contribution < 1.29 is 4.79 Å². The predicted molar refractivity (Wildman–Crippen MR) is 90.4 cm³/mol. The molecule has 0 aliphatic heterocycles. The Labute approximate surface area is 136 Å². The van der Waals surface area contributed by atoms with Crippen LogP contribution in [-0.4, -0.2) is 39.3 Å². The van der Waals surface area contributed by atoms with E-state index in [0.29, 0.717) is 31.0 Å². The van der Waals surface area contributed by atoms with E-state index in [9.17, 15) is 9.59 Å². The average Bonchev–Trinajstić information content (AvgIpc) is 2.45. The predicted octanol–water partition coefficient (Wildman–Crippen LogP) is 1.35. The number of aromatic nitrogens is 2. The second-order valence-electron chi connectivity index (χ2n) is 5.97. The molecule has 0 unspecified atom stereocenters. The van der Waals surface area contributed by atoms with Crippen LogP contribution in [0.4, 0.5) is 0 Å². The molecule has 2 aromatic heterocycles. The Morgan fingerprint density at radius 1 is 1.39 bits per heavy atom. The second kappa shape index (κ2) is 7.37. The Bertz CT molecular complexity index is 752. The van der Waals surface area contributed by atoms with Crippen molar-refractivity contribution >= 4 is 11.6 Å². The van der Waals surface area contributed by atoms with Gasteiger partial charge in [0.1, 0.15) is 5.65 Å². The number of aryl methyl sites for hydroxylation is 1. The van der Waals surface area contributed by atoms with E-state index < -0.39 is 0 Å². The van der Waals surface area contributed by atoms with Gasteiger partial charge in [0.05, 0.1) is 12.2 Å². The molecule has 6 heteroatoms. The van der Waals surface area contributed by atoms with Gasteiger partial charge in [-0.05, 0) is 39.4 Å². The van der Waals surface area contributed by atoms with Crippen molar-refractivity contribution in [3.8, 4) is 0 Å². The van der Waals surface area contributed by atoms with Crippen LogP contribution in [0.5, 0.6) is 0 Å². The van der Waals surface area contributed by atoms with Crippen molar-refractivity contribution in [3.63, 3.8) is 0 Å². The van der Waals surface area contributed by atoms with Crippen molar-refractivity contribution in [1.29, 1.82) is 0 Å². The topological polar surface area (TPSA) is 66.7 Å². The van der Waals surface area contributed by atoms with Gasteiger partial charge in [-0.1, -0.05) is 13.0 Å². The lowest BCUT2D eigenvalue weighted by molar-refractivity contribution is -0.122. The molecule has 0 aromatic carbocycles. The SMILES string of the molecule is CCN(CC(=O)NC(C)C)Cc1cc(=O)n2c(C)cccc2n1. The van der Waals surface area contributed by atoms with Gasteiger partial charge in [-0.3, -0.25) is 18.9 Å². The van der Waals surface area contributed by atoms with E-state index in [4.69, 9.17) is 0 Å². The molecule has 1 N–H and O–H groups in total. The smallest absolute Gasteiger partial charge is 0.258 e. The number of likely N-dealkylation sites (N-methyl/N-ethyl adjacent to an activating group) is 1. The standard InChI is InChI=1S/C17H24N4O2/c1-5-20(11-16(22)18-12(2)3)10-14-9-17(23)21-13(4)7-6-8-15(21)19-14/h6-9,12H,5,10-11H2,1-4H3,(H,18,22). The number of hydrogen-bond donors (Lipinski definition) is 1. The van der Waals surface area contributed by atoms with Crippen LogP contribution in [0.3, 0.4) is 0 Å². The van der Waals surface area contributed by atoms with Gasteiger partial charge in [0.2, 0.25) is 5.91 Å². The quantitative estimate of drug-likeness (QED) is 0.873. The van der Waals surface area contributed by atoms with Gasteiger partial charge in [-0.15, -0.1) is 0 Å². The lowest BCUT2D eigenvalue weighted by Crippen LogP contribution is -2.40. The summed E-state index contributed by atoms with van der Waals surface area (Å²) in [5.41, 5.74) is 2.08. The number of rotatable bonds is 6. The van der Waals surface area contributed by atoms with Gasteiger partial charge in [0.25, 0.3) is 5.56 Å². The Morgan fingerprint density at radius 3 is 2.78 bits per heavy atom. The Kier molecular flexibility index (Phi) is 5.50. The molecule has 23 heavy (non-hydrogen) atoms. The van der Waals surface area contributed by atoms with Crippen LogP contribution in [0.2, 0.25) is 0 Å². The maximum absolute atomic E-state index is 12.3. The van der Waals surface area contributed by atoms with Crippen molar-refractivity contribution in [2.75, 3.05) is 13.1 Å². The largest absolute Gasteiger partial charge is 0.353 e. The highest BCUT2D eigenvalue weighted by molar-refractivity contribution is 5.78. The van der Waals surface area contributed by atoms with Crippen molar-refractivity contribution in [1.82, 2.24) is 19.6 Å². The summed E-state index contributed by atoms with van der Waals surface area (Å²) in [7, 11) is 0. The molecule has 124 valence electrons. The minimum Gasteiger partial charge on any atom is -0.353 e. The third-order valence-corrected chi connectivity index (χ3v) is 3.58. The van der Waals surface area contributed by atoms with Crippen LogP contribution < -0.4 is 10.9 Å². The molecular formula is C17H24N4O2. The Hall–Kier alpha value is -2.21. The molecule has 0 radical (unpaired) electrons. The number of amides is 1. The maximum atomic E-state index is 12.3. The highest BCUT2D eigenvalue weighted by Gasteiger charge is 2.12. The second-order valence-corrected chi connectivity index (χ2v) is 5.97. The van der Waals surface area contributed by atoms with Crippen molar-refractivity contribution in [3.05, 3.63) is 46.0 Å². The first-order valence-electron chi connectivity index (χ1n) is 7.90. The fraction of sp³-hybridized carbons (Fsp3) is 0.471. The maximum Gasteiger partial charge on any atom is 0.258 e. The summed E-state index contributed by atoms with van der Waals surface area (Å²) < 4.78 is 1.59. The Morgan fingerprint density at radius 2 is 2.13 bits per heavy atom. The van der Waals surface area contributed by atoms with Gasteiger partial charge in [-0.25, -0.2) is 4.98 Å². The number of nitrogens with one attached hydrogen (secondary N) is 1. The summed E-state index contributed by atoms with van der Waals surface area (Å²) in [4.78, 5) is 30.7. The first kappa shape index (κ1) is 17.1. The van der Waals surface area contributed by atoms with Crippen LogP contribution in [0.1, 0.15) is 32.2 Å². The minimum atomic E-state index is -0.0919. The summed E-state index contributed by atoms with van der Waals surface area (Å²) in [6.07, 6.45) is 0. The molecule has 6 nitrogen and oxygen atoms in total. The monoisotopic (exact) mass is 316 g/mol. The number of fused-ring (bicyclic) bond motifs is 1. The summed E-state index contributed by atoms with van der Waals surface area (Å²) >= 11 is 0. The molecule has 0 aliphatic rings.